The number of carbonyl (C=O) groups is 1. The maximum atomic E-state index is 13.6. The van der Waals surface area contributed by atoms with Crippen LogP contribution in [0.4, 0.5) is 17.6 Å². The van der Waals surface area contributed by atoms with Gasteiger partial charge in [0.1, 0.15) is 29.5 Å². The maximum Gasteiger partial charge on any atom is 0.433 e. The first-order valence-electron chi connectivity index (χ1n) is 8.87. The number of rotatable bonds is 5. The van der Waals surface area contributed by atoms with Gasteiger partial charge in [-0.15, -0.1) is 12.4 Å². The second-order valence-corrected chi connectivity index (χ2v) is 6.69. The number of amides is 1. The number of likely N-dealkylation sites (tertiary alicyclic amines) is 1. The van der Waals surface area contributed by atoms with Gasteiger partial charge < -0.3 is 25.2 Å². The fourth-order valence-corrected chi connectivity index (χ4v) is 2.96. The van der Waals surface area contributed by atoms with Crippen LogP contribution in [0.25, 0.3) is 0 Å². The zero-order chi connectivity index (χ0) is 22.1. The molecule has 0 spiro atoms. The Morgan fingerprint density at radius 2 is 1.90 bits per heavy atom. The zero-order valence-corrected chi connectivity index (χ0v) is 17.0. The summed E-state index contributed by atoms with van der Waals surface area (Å²) in [7, 11) is 1.33. The largest absolute Gasteiger partial charge is 0.497 e. The molecular formula is C19H20ClF4N3O4. The molecule has 1 aromatic carbocycles. The molecule has 1 saturated heterocycles. The van der Waals surface area contributed by atoms with Gasteiger partial charge in [0, 0.05) is 30.8 Å². The first-order valence-corrected chi connectivity index (χ1v) is 8.87. The fraction of sp³-hybridized carbons (Fsp3) is 0.368. The number of alkyl halides is 4. The number of hydrogen-bond acceptors (Lipinski definition) is 6. The van der Waals surface area contributed by atoms with E-state index in [0.717, 1.165) is 11.0 Å². The van der Waals surface area contributed by atoms with Gasteiger partial charge in [-0.2, -0.15) is 13.2 Å². The Bertz CT molecular complexity index is 935. The Morgan fingerprint density at radius 1 is 1.23 bits per heavy atom. The zero-order valence-electron chi connectivity index (χ0n) is 16.2. The summed E-state index contributed by atoms with van der Waals surface area (Å²) in [6, 6.07) is 6.07. The van der Waals surface area contributed by atoms with Crippen molar-refractivity contribution in [3.05, 3.63) is 47.2 Å². The Kier molecular flexibility index (Phi) is 7.68. The van der Waals surface area contributed by atoms with Gasteiger partial charge in [-0.05, 0) is 23.8 Å². The van der Waals surface area contributed by atoms with Gasteiger partial charge in [-0.3, -0.25) is 4.79 Å². The van der Waals surface area contributed by atoms with Crippen molar-refractivity contribution in [3.63, 3.8) is 0 Å². The molecule has 12 heteroatoms. The predicted molar refractivity (Wildman–Crippen MR) is 104 cm³/mol. The smallest absolute Gasteiger partial charge is 0.433 e. The second-order valence-electron chi connectivity index (χ2n) is 6.69. The van der Waals surface area contributed by atoms with Gasteiger partial charge in [-0.1, -0.05) is 0 Å². The lowest BCUT2D eigenvalue weighted by Gasteiger charge is -2.17. The molecule has 31 heavy (non-hydrogen) atoms. The SMILES string of the molecule is COc1cc(Oc2cc(CN)cc(C(F)(F)F)n2)cc(C(=O)N2C[C@@H](O)[C@H](F)C2)c1.Cl. The molecule has 1 aromatic heterocycles. The van der Waals surface area contributed by atoms with Crippen molar-refractivity contribution < 1.29 is 36.9 Å². The van der Waals surface area contributed by atoms with Crippen molar-refractivity contribution in [2.75, 3.05) is 20.2 Å². The number of methoxy groups -OCH3 is 1. The number of β-amino-alcohol motifs (C(OH)–C–C–N with tert-alkyl or cyclic N) is 1. The highest BCUT2D eigenvalue weighted by molar-refractivity contribution is 5.95. The number of aliphatic hydroxyl groups is 1. The number of hydrogen-bond donors (Lipinski definition) is 2. The average Bonchev–Trinajstić information content (AvgIpc) is 3.04. The standard InChI is InChI=1S/C19H19F4N3O4.ClH/c1-29-12-4-11(18(28)26-8-14(20)15(27)9-26)5-13(6-12)30-17-3-10(7-24)2-16(25-17)19(21,22)23;/h2-6,14-15,27H,7-9,24H2,1H3;1H/t14-,15-;/m1./s1. The van der Waals surface area contributed by atoms with Crippen LogP contribution in [0.5, 0.6) is 17.4 Å². The first-order chi connectivity index (χ1) is 14.1. The summed E-state index contributed by atoms with van der Waals surface area (Å²) < 4.78 is 63.3. The molecule has 1 aliphatic rings. The van der Waals surface area contributed by atoms with Crippen molar-refractivity contribution >= 4 is 18.3 Å². The van der Waals surface area contributed by atoms with Crippen LogP contribution in [-0.4, -0.2) is 53.4 Å². The van der Waals surface area contributed by atoms with Crippen LogP contribution < -0.4 is 15.2 Å². The van der Waals surface area contributed by atoms with Crippen molar-refractivity contribution in [3.8, 4) is 17.4 Å². The van der Waals surface area contributed by atoms with E-state index in [1.807, 2.05) is 0 Å². The minimum atomic E-state index is -4.70. The third kappa shape index (κ3) is 5.75. The van der Waals surface area contributed by atoms with Crippen LogP contribution in [0.3, 0.4) is 0 Å². The minimum Gasteiger partial charge on any atom is -0.497 e. The summed E-state index contributed by atoms with van der Waals surface area (Å²) in [6.07, 6.45) is -7.53. The summed E-state index contributed by atoms with van der Waals surface area (Å²) in [6.45, 7) is -0.615. The van der Waals surface area contributed by atoms with E-state index in [9.17, 15) is 27.5 Å². The summed E-state index contributed by atoms with van der Waals surface area (Å²) in [5, 5.41) is 9.53. The molecule has 0 radical (unpaired) electrons. The molecule has 2 heterocycles. The number of nitrogens with zero attached hydrogens (tertiary/aromatic N) is 2. The normalized spacial score (nSPS) is 18.5. The Morgan fingerprint density at radius 3 is 2.45 bits per heavy atom. The van der Waals surface area contributed by atoms with Gasteiger partial charge in [0.05, 0.1) is 13.7 Å². The predicted octanol–water partition coefficient (Wildman–Crippen LogP) is 2.94. The van der Waals surface area contributed by atoms with Gasteiger partial charge in [-0.25, -0.2) is 9.37 Å². The van der Waals surface area contributed by atoms with E-state index in [4.69, 9.17) is 15.2 Å². The van der Waals surface area contributed by atoms with Gasteiger partial charge in [0.25, 0.3) is 5.91 Å². The van der Waals surface area contributed by atoms with Crippen LogP contribution in [0.1, 0.15) is 21.6 Å². The number of benzene rings is 1. The van der Waals surface area contributed by atoms with Crippen LogP contribution in [0, 0.1) is 0 Å². The average molecular weight is 466 g/mol. The molecular weight excluding hydrogens is 446 g/mol. The lowest BCUT2D eigenvalue weighted by Crippen LogP contribution is -2.29. The Balaban J connectivity index is 0.00000341. The molecule has 0 bridgehead atoms. The van der Waals surface area contributed by atoms with E-state index >= 15 is 0 Å². The monoisotopic (exact) mass is 465 g/mol. The molecule has 7 nitrogen and oxygen atoms in total. The highest BCUT2D eigenvalue weighted by Gasteiger charge is 2.35. The number of nitrogens with two attached hydrogens (primary N) is 1. The van der Waals surface area contributed by atoms with Crippen LogP contribution in [0.15, 0.2) is 30.3 Å². The second kappa shape index (κ2) is 9.67. The maximum absolute atomic E-state index is 13.6. The minimum absolute atomic E-state index is 0. The number of carbonyl (C=O) groups excluding carboxylic acids is 1. The molecule has 3 rings (SSSR count). The van der Waals surface area contributed by atoms with Gasteiger partial charge in [0.15, 0.2) is 0 Å². The molecule has 2 aromatic rings. The molecule has 2 atom stereocenters. The molecule has 1 aliphatic heterocycles. The highest BCUT2D eigenvalue weighted by Crippen LogP contribution is 2.33. The van der Waals surface area contributed by atoms with Gasteiger partial charge in [0.2, 0.25) is 5.88 Å². The van der Waals surface area contributed by atoms with Crippen molar-refractivity contribution in [2.45, 2.75) is 25.0 Å². The summed E-state index contributed by atoms with van der Waals surface area (Å²) in [4.78, 5) is 17.2. The van der Waals surface area contributed by atoms with Crippen molar-refractivity contribution in [2.24, 2.45) is 5.73 Å². The Labute approximate surface area is 181 Å². The molecule has 1 amide bonds. The number of ether oxygens (including phenoxy) is 2. The molecule has 1 fully saturated rings. The van der Waals surface area contributed by atoms with E-state index in [2.05, 4.69) is 4.98 Å². The number of aliphatic hydroxyl groups excluding tert-OH is 1. The summed E-state index contributed by atoms with van der Waals surface area (Å²) in [5.41, 5.74) is 4.50. The van der Waals surface area contributed by atoms with E-state index in [1.165, 1.54) is 31.4 Å². The molecule has 170 valence electrons. The van der Waals surface area contributed by atoms with E-state index < -0.39 is 30.1 Å². The third-order valence-electron chi connectivity index (χ3n) is 4.48. The number of aromatic nitrogens is 1. The fourth-order valence-electron chi connectivity index (χ4n) is 2.96. The third-order valence-corrected chi connectivity index (χ3v) is 4.48. The molecule has 0 unspecified atom stereocenters. The van der Waals surface area contributed by atoms with Crippen molar-refractivity contribution in [1.82, 2.24) is 9.88 Å². The number of halogens is 5. The van der Waals surface area contributed by atoms with E-state index in [0.29, 0.717) is 0 Å². The molecule has 0 aliphatic carbocycles. The topological polar surface area (TPSA) is 97.9 Å². The lowest BCUT2D eigenvalue weighted by atomic mass is 10.1. The van der Waals surface area contributed by atoms with Crippen molar-refractivity contribution in [1.29, 1.82) is 0 Å². The van der Waals surface area contributed by atoms with Crippen LogP contribution >= 0.6 is 12.4 Å². The van der Waals surface area contributed by atoms with Crippen LogP contribution in [0.2, 0.25) is 0 Å². The molecule has 0 saturated carbocycles. The van der Waals surface area contributed by atoms with E-state index in [1.54, 1.807) is 0 Å². The van der Waals surface area contributed by atoms with Gasteiger partial charge >= 0.3 is 6.18 Å². The quantitative estimate of drug-likeness (QED) is 0.659. The van der Waals surface area contributed by atoms with E-state index in [-0.39, 0.29) is 60.5 Å². The summed E-state index contributed by atoms with van der Waals surface area (Å²) >= 11 is 0. The highest BCUT2D eigenvalue weighted by atomic mass is 35.5. The first kappa shape index (κ1) is 24.6. The lowest BCUT2D eigenvalue weighted by molar-refractivity contribution is -0.141. The summed E-state index contributed by atoms with van der Waals surface area (Å²) in [5.74, 6) is -0.766. The number of pyridine rings is 1. The van der Waals surface area contributed by atoms with Crippen LogP contribution in [-0.2, 0) is 12.7 Å². The molecule has 3 N–H and O–H groups in total. The Hall–Kier alpha value is -2.63.